The van der Waals surface area contributed by atoms with Crippen LogP contribution in [0.1, 0.15) is 40.0 Å². The third-order valence-electron chi connectivity index (χ3n) is 5.00. The molecule has 0 aliphatic carbocycles. The van der Waals surface area contributed by atoms with E-state index in [4.69, 9.17) is 5.73 Å². The predicted octanol–water partition coefficient (Wildman–Crippen LogP) is -1.28. The van der Waals surface area contributed by atoms with Gasteiger partial charge in [-0.15, -0.1) is 0 Å². The third kappa shape index (κ3) is 9.55. The lowest BCUT2D eigenvalue weighted by molar-refractivity contribution is -0.135. The minimum atomic E-state index is -1.21. The molecule has 1 saturated heterocycles. The highest BCUT2D eigenvalue weighted by molar-refractivity contribution is 8.13. The van der Waals surface area contributed by atoms with Crippen molar-refractivity contribution in [2.75, 3.05) is 25.9 Å². The molecule has 0 aromatic heterocycles. The molecular formula is C20H37N5O5S. The Bertz CT molecular complexity index is 631. The molecule has 10 nitrogen and oxygen atoms in total. The van der Waals surface area contributed by atoms with Crippen molar-refractivity contribution in [2.45, 2.75) is 64.3 Å². The normalized spacial score (nSPS) is 21.6. The van der Waals surface area contributed by atoms with E-state index in [1.165, 1.54) is 6.92 Å². The number of amides is 3. The zero-order valence-electron chi connectivity index (χ0n) is 18.8. The molecular weight excluding hydrogens is 422 g/mol. The number of carbonyl (C=O) groups excluding carboxylic acids is 4. The number of hydrogen-bond donors (Lipinski definition) is 6. The Labute approximate surface area is 188 Å². The molecule has 1 aliphatic rings. The Morgan fingerprint density at radius 3 is 2.39 bits per heavy atom. The molecule has 1 aliphatic heterocycles. The predicted molar refractivity (Wildman–Crippen MR) is 120 cm³/mol. The summed E-state index contributed by atoms with van der Waals surface area (Å²) in [5.41, 5.74) is 5.52. The smallest absolute Gasteiger partial charge is 0.245 e. The highest BCUT2D eigenvalue weighted by Crippen LogP contribution is 2.13. The minimum absolute atomic E-state index is 0.0616. The van der Waals surface area contributed by atoms with Crippen LogP contribution in [0.15, 0.2) is 0 Å². The van der Waals surface area contributed by atoms with E-state index in [9.17, 15) is 24.3 Å². The number of nitrogens with one attached hydrogen (secondary N) is 4. The number of thioether (sulfide) groups is 1. The number of carbonyl (C=O) groups is 4. The summed E-state index contributed by atoms with van der Waals surface area (Å²) >= 11 is 0.978. The van der Waals surface area contributed by atoms with Gasteiger partial charge in [0.2, 0.25) is 22.8 Å². The van der Waals surface area contributed by atoms with Gasteiger partial charge in [-0.25, -0.2) is 0 Å². The van der Waals surface area contributed by atoms with Gasteiger partial charge in [0.25, 0.3) is 0 Å². The Balaban J connectivity index is 2.72. The monoisotopic (exact) mass is 459 g/mol. The lowest BCUT2D eigenvalue weighted by atomic mass is 9.94. The molecule has 1 heterocycles. The van der Waals surface area contributed by atoms with E-state index in [1.54, 1.807) is 6.26 Å². The zero-order chi connectivity index (χ0) is 23.6. The Morgan fingerprint density at radius 1 is 1.16 bits per heavy atom. The van der Waals surface area contributed by atoms with Gasteiger partial charge in [-0.05, 0) is 38.5 Å². The Kier molecular flexibility index (Phi) is 12.1. The fraction of sp³-hybridized carbons (Fsp3) is 0.800. The van der Waals surface area contributed by atoms with Crippen LogP contribution in [0.3, 0.4) is 0 Å². The van der Waals surface area contributed by atoms with Gasteiger partial charge < -0.3 is 32.1 Å². The van der Waals surface area contributed by atoms with Gasteiger partial charge in [-0.3, -0.25) is 19.2 Å². The summed E-state index contributed by atoms with van der Waals surface area (Å²) < 4.78 is 0. The highest BCUT2D eigenvalue weighted by Gasteiger charge is 2.33. The van der Waals surface area contributed by atoms with Crippen molar-refractivity contribution in [3.05, 3.63) is 0 Å². The second-order valence-electron chi connectivity index (χ2n) is 8.34. The zero-order valence-corrected chi connectivity index (χ0v) is 19.6. The van der Waals surface area contributed by atoms with Crippen LogP contribution in [-0.2, 0) is 19.2 Å². The summed E-state index contributed by atoms with van der Waals surface area (Å²) in [7, 11) is 0. The fourth-order valence-electron chi connectivity index (χ4n) is 3.40. The van der Waals surface area contributed by atoms with Crippen LogP contribution in [0.25, 0.3) is 0 Å². The van der Waals surface area contributed by atoms with Crippen LogP contribution in [0.2, 0.25) is 0 Å². The van der Waals surface area contributed by atoms with Crippen molar-refractivity contribution in [1.29, 1.82) is 0 Å². The molecule has 0 spiro atoms. The number of piperidine rings is 1. The van der Waals surface area contributed by atoms with Gasteiger partial charge in [-0.2, -0.15) is 0 Å². The molecule has 1 rings (SSSR count). The van der Waals surface area contributed by atoms with Crippen molar-refractivity contribution in [3.8, 4) is 0 Å². The number of aliphatic hydroxyl groups excluding tert-OH is 1. The quantitative estimate of drug-likeness (QED) is 0.222. The van der Waals surface area contributed by atoms with Crippen molar-refractivity contribution in [2.24, 2.45) is 17.6 Å². The highest BCUT2D eigenvalue weighted by atomic mass is 32.2. The van der Waals surface area contributed by atoms with E-state index in [0.717, 1.165) is 11.8 Å². The van der Waals surface area contributed by atoms with Crippen LogP contribution < -0.4 is 27.0 Å². The second-order valence-corrected chi connectivity index (χ2v) is 9.15. The molecule has 3 unspecified atom stereocenters. The molecule has 1 fully saturated rings. The van der Waals surface area contributed by atoms with Gasteiger partial charge in [0.1, 0.15) is 6.04 Å². The summed E-state index contributed by atoms with van der Waals surface area (Å²) in [6.45, 7) is 6.48. The molecule has 11 heteroatoms. The Hall–Kier alpha value is -1.69. The van der Waals surface area contributed by atoms with Crippen LogP contribution in [0, 0.1) is 11.8 Å². The minimum Gasteiger partial charge on any atom is -0.391 e. The van der Waals surface area contributed by atoms with Crippen LogP contribution >= 0.6 is 11.8 Å². The standard InChI is InChI=1S/C20H37N5O5S/c1-11(2)7-16(27)23-14-8-13(9-22-10-14)18(28)25-17(12(3)26)19(29)24-15(5-6-21)20(30)31-4/h11-15,17,22,26H,5-10,21H2,1-4H3,(H,23,27)(H,24,29)(H,25,28)/t12?,13?,14?,15-,17-/m0/s1. The number of nitrogens with two attached hydrogens (primary N) is 1. The maximum absolute atomic E-state index is 12.8. The van der Waals surface area contributed by atoms with E-state index < -0.39 is 35.9 Å². The lowest BCUT2D eigenvalue weighted by Crippen LogP contribution is -2.58. The van der Waals surface area contributed by atoms with Crippen molar-refractivity contribution in [1.82, 2.24) is 21.3 Å². The fourth-order valence-corrected chi connectivity index (χ4v) is 3.87. The molecule has 5 atom stereocenters. The summed E-state index contributed by atoms with van der Waals surface area (Å²) in [5.74, 6) is -1.34. The molecule has 0 saturated carbocycles. The average Bonchev–Trinajstić information content (AvgIpc) is 2.69. The van der Waals surface area contributed by atoms with E-state index in [0.29, 0.717) is 25.9 Å². The van der Waals surface area contributed by atoms with Crippen molar-refractivity contribution < 1.29 is 24.3 Å². The van der Waals surface area contributed by atoms with Crippen LogP contribution in [-0.4, -0.2) is 78.1 Å². The molecule has 0 radical (unpaired) electrons. The molecule has 0 aromatic carbocycles. The molecule has 3 amide bonds. The first kappa shape index (κ1) is 27.3. The number of hydrogen-bond acceptors (Lipinski definition) is 8. The van der Waals surface area contributed by atoms with Gasteiger partial charge in [0.05, 0.1) is 18.1 Å². The topological polar surface area (TPSA) is 163 Å². The maximum atomic E-state index is 12.8. The van der Waals surface area contributed by atoms with Crippen molar-refractivity contribution in [3.63, 3.8) is 0 Å². The molecule has 0 aromatic rings. The first-order valence-electron chi connectivity index (χ1n) is 10.7. The average molecular weight is 460 g/mol. The van der Waals surface area contributed by atoms with Crippen LogP contribution in [0.5, 0.6) is 0 Å². The van der Waals surface area contributed by atoms with Gasteiger partial charge in [0.15, 0.2) is 0 Å². The van der Waals surface area contributed by atoms with E-state index in [1.807, 2.05) is 13.8 Å². The first-order valence-corrected chi connectivity index (χ1v) is 11.9. The second kappa shape index (κ2) is 13.7. The summed E-state index contributed by atoms with van der Waals surface area (Å²) in [4.78, 5) is 49.5. The van der Waals surface area contributed by atoms with Gasteiger partial charge in [-0.1, -0.05) is 25.6 Å². The maximum Gasteiger partial charge on any atom is 0.245 e. The summed E-state index contributed by atoms with van der Waals surface area (Å²) in [6, 6.07) is -2.19. The SMILES string of the molecule is CSC(=O)[C@H](CCN)NC(=O)[C@@H](NC(=O)C1CNCC(NC(=O)CC(C)C)C1)C(C)O. The summed E-state index contributed by atoms with van der Waals surface area (Å²) in [5, 5.41) is 21.0. The number of aliphatic hydroxyl groups is 1. The molecule has 7 N–H and O–H groups in total. The first-order chi connectivity index (χ1) is 14.6. The van der Waals surface area contributed by atoms with Crippen molar-refractivity contribution >= 4 is 34.6 Å². The lowest BCUT2D eigenvalue weighted by Gasteiger charge is -2.31. The Morgan fingerprint density at radius 2 is 1.84 bits per heavy atom. The van der Waals surface area contributed by atoms with Gasteiger partial charge >= 0.3 is 0 Å². The molecule has 178 valence electrons. The van der Waals surface area contributed by atoms with E-state index in [2.05, 4.69) is 21.3 Å². The van der Waals surface area contributed by atoms with E-state index in [-0.39, 0.29) is 35.9 Å². The third-order valence-corrected chi connectivity index (χ3v) is 5.69. The molecule has 0 bridgehead atoms. The molecule has 31 heavy (non-hydrogen) atoms. The number of rotatable bonds is 11. The van der Waals surface area contributed by atoms with E-state index >= 15 is 0 Å². The van der Waals surface area contributed by atoms with Gasteiger partial charge in [0, 0.05) is 25.6 Å². The summed E-state index contributed by atoms with van der Waals surface area (Å²) in [6.07, 6.45) is 1.55. The largest absolute Gasteiger partial charge is 0.391 e. The van der Waals surface area contributed by atoms with Crippen LogP contribution in [0.4, 0.5) is 0 Å².